The van der Waals surface area contributed by atoms with Gasteiger partial charge in [-0.05, 0) is 39.0 Å². The number of benzene rings is 1. The molecule has 2 aromatic rings. The van der Waals surface area contributed by atoms with Crippen LogP contribution in [0.15, 0.2) is 18.2 Å². The quantitative estimate of drug-likeness (QED) is 0.780. The topological polar surface area (TPSA) is 73.2 Å². The van der Waals surface area contributed by atoms with Crippen LogP contribution in [0.2, 0.25) is 0 Å². The Morgan fingerprint density at radius 1 is 1.28 bits per heavy atom. The first-order valence-electron chi connectivity index (χ1n) is 8.08. The van der Waals surface area contributed by atoms with Crippen LogP contribution in [0.25, 0.3) is 0 Å². The van der Waals surface area contributed by atoms with Gasteiger partial charge in [0.2, 0.25) is 5.91 Å². The van der Waals surface area contributed by atoms with Crippen LogP contribution in [-0.4, -0.2) is 28.6 Å². The Kier molecular flexibility index (Phi) is 5.90. The second-order valence-electron chi connectivity index (χ2n) is 5.68. The number of nitrogens with zero attached hydrogens (tertiary/aromatic N) is 2. The van der Waals surface area contributed by atoms with Crippen molar-refractivity contribution in [2.75, 3.05) is 12.4 Å². The van der Waals surface area contributed by atoms with E-state index in [1.807, 2.05) is 20.8 Å². The predicted molar refractivity (Wildman–Crippen MR) is 92.5 cm³/mol. The molecular weight excluding hydrogens is 325 g/mol. The van der Waals surface area contributed by atoms with E-state index in [1.54, 1.807) is 4.68 Å². The number of anilines is 1. The summed E-state index contributed by atoms with van der Waals surface area (Å²) in [5, 5.41) is 7.13. The van der Waals surface area contributed by atoms with Gasteiger partial charge in [-0.2, -0.15) is 5.10 Å². The summed E-state index contributed by atoms with van der Waals surface area (Å²) in [6.45, 7) is 6.38. The highest BCUT2D eigenvalue weighted by atomic mass is 19.1. The average molecular weight is 347 g/mol. The van der Waals surface area contributed by atoms with Gasteiger partial charge in [-0.3, -0.25) is 14.3 Å². The molecule has 0 saturated heterocycles. The fraction of sp³-hybridized carbons (Fsp3) is 0.389. The maximum Gasteiger partial charge on any atom is 0.224 e. The van der Waals surface area contributed by atoms with Gasteiger partial charge in [0, 0.05) is 24.9 Å². The van der Waals surface area contributed by atoms with E-state index in [0.717, 1.165) is 17.5 Å². The molecule has 6 nitrogen and oxygen atoms in total. The zero-order chi connectivity index (χ0) is 18.6. The van der Waals surface area contributed by atoms with Crippen molar-refractivity contribution in [3.05, 3.63) is 41.0 Å². The fourth-order valence-corrected chi connectivity index (χ4v) is 2.60. The lowest BCUT2D eigenvalue weighted by Gasteiger charge is -2.07. The maximum absolute atomic E-state index is 13.7. The number of methoxy groups -OCH3 is 1. The molecule has 0 bridgehead atoms. The number of ether oxygens (including phenoxy) is 1. The first-order valence-corrected chi connectivity index (χ1v) is 8.08. The van der Waals surface area contributed by atoms with Crippen LogP contribution < -0.4 is 10.1 Å². The van der Waals surface area contributed by atoms with Crippen LogP contribution >= 0.6 is 0 Å². The van der Waals surface area contributed by atoms with Gasteiger partial charge in [0.05, 0.1) is 24.2 Å². The van der Waals surface area contributed by atoms with E-state index >= 15 is 0 Å². The molecule has 2 rings (SSSR count). The minimum atomic E-state index is -0.601. The van der Waals surface area contributed by atoms with E-state index in [4.69, 9.17) is 4.74 Å². The molecule has 0 fully saturated rings. The van der Waals surface area contributed by atoms with Gasteiger partial charge in [0.1, 0.15) is 0 Å². The lowest BCUT2D eigenvalue weighted by molar-refractivity contribution is -0.116. The van der Waals surface area contributed by atoms with Crippen molar-refractivity contribution in [3.63, 3.8) is 0 Å². The van der Waals surface area contributed by atoms with Crippen LogP contribution in [0.1, 0.15) is 41.5 Å². The summed E-state index contributed by atoms with van der Waals surface area (Å²) in [4.78, 5) is 24.3. The lowest BCUT2D eigenvalue weighted by atomic mass is 10.1. The second-order valence-corrected chi connectivity index (χ2v) is 5.68. The Labute approximate surface area is 146 Å². The van der Waals surface area contributed by atoms with Gasteiger partial charge in [-0.25, -0.2) is 4.39 Å². The highest BCUT2D eigenvalue weighted by molar-refractivity contribution is 6.00. The van der Waals surface area contributed by atoms with Crippen molar-refractivity contribution in [1.29, 1.82) is 0 Å². The number of rotatable bonds is 7. The zero-order valence-electron chi connectivity index (χ0n) is 14.9. The van der Waals surface area contributed by atoms with Gasteiger partial charge in [-0.15, -0.1) is 0 Å². The number of aryl methyl sites for hydroxylation is 2. The summed E-state index contributed by atoms with van der Waals surface area (Å²) < 4.78 is 20.3. The number of aromatic nitrogens is 2. The Balaban J connectivity index is 1.97. The molecule has 1 N–H and O–H groups in total. The third kappa shape index (κ3) is 4.23. The predicted octanol–water partition coefficient (Wildman–Crippen LogP) is 3.27. The van der Waals surface area contributed by atoms with Crippen LogP contribution in [0.3, 0.4) is 0 Å². The normalized spacial score (nSPS) is 10.6. The largest absolute Gasteiger partial charge is 0.494 e. The Morgan fingerprint density at radius 3 is 2.56 bits per heavy atom. The number of amides is 1. The minimum absolute atomic E-state index is 0.00237. The Hall–Kier alpha value is -2.70. The molecule has 0 unspecified atom stereocenters. The SMILES string of the molecule is CCn1nc(C)c(NC(=O)CCC(=O)c2ccc(OC)c(F)c2)c1C. The van der Waals surface area contributed by atoms with Crippen molar-refractivity contribution >= 4 is 17.4 Å². The summed E-state index contributed by atoms with van der Waals surface area (Å²) >= 11 is 0. The van der Waals surface area contributed by atoms with E-state index in [9.17, 15) is 14.0 Å². The monoisotopic (exact) mass is 347 g/mol. The van der Waals surface area contributed by atoms with Gasteiger partial charge < -0.3 is 10.1 Å². The van der Waals surface area contributed by atoms with Gasteiger partial charge in [-0.1, -0.05) is 0 Å². The van der Waals surface area contributed by atoms with E-state index < -0.39 is 5.82 Å². The third-order valence-corrected chi connectivity index (χ3v) is 4.00. The molecule has 134 valence electrons. The van der Waals surface area contributed by atoms with E-state index in [-0.39, 0.29) is 35.8 Å². The second kappa shape index (κ2) is 7.92. The van der Waals surface area contributed by atoms with Gasteiger partial charge in [0.25, 0.3) is 0 Å². The Morgan fingerprint density at radius 2 is 2.00 bits per heavy atom. The van der Waals surface area contributed by atoms with E-state index in [2.05, 4.69) is 10.4 Å². The highest BCUT2D eigenvalue weighted by Gasteiger charge is 2.16. The molecule has 0 saturated carbocycles. The molecule has 0 atom stereocenters. The molecule has 1 amide bonds. The van der Waals surface area contributed by atoms with Crippen molar-refractivity contribution in [1.82, 2.24) is 9.78 Å². The maximum atomic E-state index is 13.7. The number of hydrogen-bond donors (Lipinski definition) is 1. The first kappa shape index (κ1) is 18.6. The summed E-state index contributed by atoms with van der Waals surface area (Å²) in [5.41, 5.74) is 2.50. The number of halogens is 1. The van der Waals surface area contributed by atoms with Crippen LogP contribution in [0.4, 0.5) is 10.1 Å². The molecule has 1 heterocycles. The fourth-order valence-electron chi connectivity index (χ4n) is 2.60. The lowest BCUT2D eigenvalue weighted by Crippen LogP contribution is -2.14. The standard InChI is InChI=1S/C18H22FN3O3/c1-5-22-12(3)18(11(2)21-22)20-17(24)9-7-15(23)13-6-8-16(25-4)14(19)10-13/h6,8,10H,5,7,9H2,1-4H3,(H,20,24). The molecular formula is C18H22FN3O3. The molecule has 0 radical (unpaired) electrons. The van der Waals surface area contributed by atoms with Crippen LogP contribution in [0, 0.1) is 19.7 Å². The molecule has 25 heavy (non-hydrogen) atoms. The molecule has 1 aromatic heterocycles. The first-order chi connectivity index (χ1) is 11.9. The average Bonchev–Trinajstić information content (AvgIpc) is 2.87. The summed E-state index contributed by atoms with van der Waals surface area (Å²) in [5.74, 6) is -1.09. The number of carbonyl (C=O) groups is 2. The van der Waals surface area contributed by atoms with Gasteiger partial charge >= 0.3 is 0 Å². The molecule has 0 aliphatic carbocycles. The Bertz CT molecular complexity index is 799. The van der Waals surface area contributed by atoms with Crippen molar-refractivity contribution in [2.45, 2.75) is 40.2 Å². The van der Waals surface area contributed by atoms with Crippen molar-refractivity contribution in [2.24, 2.45) is 0 Å². The number of nitrogens with one attached hydrogen (secondary N) is 1. The van der Waals surface area contributed by atoms with Crippen molar-refractivity contribution < 1.29 is 18.7 Å². The third-order valence-electron chi connectivity index (χ3n) is 4.00. The smallest absolute Gasteiger partial charge is 0.224 e. The number of Topliss-reactive ketones (excluding diaryl/α,β-unsaturated/α-hetero) is 1. The van der Waals surface area contributed by atoms with E-state index in [1.165, 1.54) is 19.2 Å². The number of carbonyl (C=O) groups excluding carboxylic acids is 2. The molecule has 7 heteroatoms. The molecule has 0 aliphatic heterocycles. The number of hydrogen-bond acceptors (Lipinski definition) is 4. The zero-order valence-corrected chi connectivity index (χ0v) is 14.9. The van der Waals surface area contributed by atoms with Crippen LogP contribution in [-0.2, 0) is 11.3 Å². The summed E-state index contributed by atoms with van der Waals surface area (Å²) in [7, 11) is 1.36. The summed E-state index contributed by atoms with van der Waals surface area (Å²) in [6, 6.07) is 4.01. The van der Waals surface area contributed by atoms with E-state index in [0.29, 0.717) is 12.2 Å². The van der Waals surface area contributed by atoms with Crippen LogP contribution in [0.5, 0.6) is 5.75 Å². The van der Waals surface area contributed by atoms with Crippen molar-refractivity contribution in [3.8, 4) is 5.75 Å². The molecule has 1 aromatic carbocycles. The summed E-state index contributed by atoms with van der Waals surface area (Å²) in [6.07, 6.45) is 0.0142. The minimum Gasteiger partial charge on any atom is -0.494 e. The number of ketones is 1. The molecule has 0 spiro atoms. The molecule has 0 aliphatic rings. The highest BCUT2D eigenvalue weighted by Crippen LogP contribution is 2.21. The van der Waals surface area contributed by atoms with Gasteiger partial charge in [0.15, 0.2) is 17.3 Å².